The third kappa shape index (κ3) is 5.73. The molecule has 4 rings (SSSR count). The van der Waals surface area contributed by atoms with Gasteiger partial charge in [0.15, 0.2) is 0 Å². The van der Waals surface area contributed by atoms with Gasteiger partial charge in [0, 0.05) is 44.0 Å². The van der Waals surface area contributed by atoms with E-state index in [1.54, 1.807) is 19.2 Å². The Morgan fingerprint density at radius 2 is 1.91 bits per heavy atom. The lowest BCUT2D eigenvalue weighted by Gasteiger charge is -2.37. The van der Waals surface area contributed by atoms with Crippen LogP contribution in [0, 0.1) is 5.92 Å². The van der Waals surface area contributed by atoms with Gasteiger partial charge >= 0.3 is 0 Å². The second-order valence-electron chi connectivity index (χ2n) is 9.33. The zero-order valence-corrected chi connectivity index (χ0v) is 21.2. The minimum atomic E-state index is -3.86. The summed E-state index contributed by atoms with van der Waals surface area (Å²) in [5, 5.41) is 9.83. The molecule has 3 atom stereocenters. The lowest BCUT2D eigenvalue weighted by Crippen LogP contribution is -2.49. The topological polar surface area (TPSA) is 83.0 Å². The Labute approximate surface area is 208 Å². The fourth-order valence-electron chi connectivity index (χ4n) is 4.43. The van der Waals surface area contributed by atoms with Crippen LogP contribution >= 0.6 is 0 Å². The molecule has 0 fully saturated rings. The number of fused-ring (bicyclic) bond motifs is 1. The number of ether oxygens (including phenoxy) is 1. The first kappa shape index (κ1) is 25.3. The standard InChI is InChI=1S/C27H33N3O4S/c1-20-16-30(21(2)19-31)35(32,33)27-12-11-24(23-9-5-4-6-10-23)14-25(27)34-26(20)18-29(3)17-22-8-7-13-28-15-22/h4-15,20-21,26,31H,16-19H2,1-3H3/t20-,21-,26-/m0/s1. The Balaban J connectivity index is 1.72. The number of aromatic nitrogens is 1. The molecule has 0 radical (unpaired) electrons. The van der Waals surface area contributed by atoms with Crippen molar-refractivity contribution >= 4 is 10.0 Å². The van der Waals surface area contributed by atoms with E-state index in [-0.39, 0.29) is 30.1 Å². The highest BCUT2D eigenvalue weighted by Gasteiger charge is 2.38. The second-order valence-corrected chi connectivity index (χ2v) is 11.2. The van der Waals surface area contributed by atoms with Gasteiger partial charge in [-0.15, -0.1) is 0 Å². The van der Waals surface area contributed by atoms with Crippen molar-refractivity contribution < 1.29 is 18.3 Å². The molecule has 0 aliphatic carbocycles. The summed E-state index contributed by atoms with van der Waals surface area (Å²) in [6.07, 6.45) is 3.34. The zero-order valence-electron chi connectivity index (χ0n) is 20.4. The molecular weight excluding hydrogens is 462 g/mol. The van der Waals surface area contributed by atoms with E-state index in [9.17, 15) is 13.5 Å². The number of rotatable bonds is 7. The first-order chi connectivity index (χ1) is 16.8. The minimum absolute atomic E-state index is 0.108. The van der Waals surface area contributed by atoms with E-state index in [1.807, 2.05) is 74.8 Å². The number of pyridine rings is 1. The smallest absolute Gasteiger partial charge is 0.247 e. The van der Waals surface area contributed by atoms with E-state index in [0.717, 1.165) is 16.7 Å². The van der Waals surface area contributed by atoms with Gasteiger partial charge in [-0.05, 0) is 48.9 Å². The zero-order chi connectivity index (χ0) is 25.0. The molecular formula is C27H33N3O4S. The second kappa shape index (κ2) is 10.9. The van der Waals surface area contributed by atoms with Gasteiger partial charge in [0.05, 0.1) is 6.61 Å². The van der Waals surface area contributed by atoms with E-state index in [2.05, 4.69) is 9.88 Å². The predicted octanol–water partition coefficient (Wildman–Crippen LogP) is 3.65. The highest BCUT2D eigenvalue weighted by Crippen LogP contribution is 2.36. The Morgan fingerprint density at radius 1 is 1.14 bits per heavy atom. The van der Waals surface area contributed by atoms with Crippen molar-refractivity contribution in [1.82, 2.24) is 14.2 Å². The average molecular weight is 496 g/mol. The van der Waals surface area contributed by atoms with Crippen molar-refractivity contribution in [1.29, 1.82) is 0 Å². The molecule has 1 aliphatic rings. The molecule has 2 aromatic carbocycles. The van der Waals surface area contributed by atoms with Crippen molar-refractivity contribution in [2.75, 3.05) is 26.7 Å². The van der Waals surface area contributed by atoms with Crippen molar-refractivity contribution in [3.63, 3.8) is 0 Å². The molecule has 0 bridgehead atoms. The summed E-state index contributed by atoms with van der Waals surface area (Å²) >= 11 is 0. The summed E-state index contributed by atoms with van der Waals surface area (Å²) in [4.78, 5) is 6.49. The molecule has 1 N–H and O–H groups in total. The van der Waals surface area contributed by atoms with Gasteiger partial charge in [-0.2, -0.15) is 4.31 Å². The number of hydrogen-bond donors (Lipinski definition) is 1. The molecule has 1 aromatic heterocycles. The van der Waals surface area contributed by atoms with Crippen molar-refractivity contribution in [2.24, 2.45) is 5.92 Å². The van der Waals surface area contributed by atoms with E-state index in [1.165, 1.54) is 4.31 Å². The summed E-state index contributed by atoms with van der Waals surface area (Å²) < 4.78 is 35.2. The van der Waals surface area contributed by atoms with Gasteiger partial charge in [0.1, 0.15) is 16.7 Å². The molecule has 1 aliphatic heterocycles. The van der Waals surface area contributed by atoms with Gasteiger partial charge in [-0.1, -0.05) is 49.4 Å². The normalized spacial score (nSPS) is 20.9. The SMILES string of the molecule is C[C@H]1CN([C@@H](C)CO)S(=O)(=O)c2ccc(-c3ccccc3)cc2O[C@H]1CN(C)Cc1cccnc1. The molecule has 0 amide bonds. The van der Waals surface area contributed by atoms with Crippen molar-refractivity contribution in [2.45, 2.75) is 37.4 Å². The Kier molecular flexibility index (Phi) is 7.86. The largest absolute Gasteiger partial charge is 0.487 e. The molecule has 0 spiro atoms. The minimum Gasteiger partial charge on any atom is -0.487 e. The summed E-state index contributed by atoms with van der Waals surface area (Å²) in [5.74, 6) is 0.233. The van der Waals surface area contributed by atoms with E-state index < -0.39 is 16.1 Å². The molecule has 7 nitrogen and oxygen atoms in total. The Hall–Kier alpha value is -2.78. The maximum Gasteiger partial charge on any atom is 0.247 e. The van der Waals surface area contributed by atoms with Crippen LogP contribution in [0.5, 0.6) is 5.75 Å². The molecule has 186 valence electrons. The quantitative estimate of drug-likeness (QED) is 0.539. The lowest BCUT2D eigenvalue weighted by molar-refractivity contribution is 0.0734. The van der Waals surface area contributed by atoms with E-state index in [0.29, 0.717) is 18.8 Å². The van der Waals surface area contributed by atoms with E-state index >= 15 is 0 Å². The number of hydrogen-bond acceptors (Lipinski definition) is 6. The number of likely N-dealkylation sites (N-methyl/N-ethyl adjacent to an activating group) is 1. The van der Waals surface area contributed by atoms with Crippen molar-refractivity contribution in [3.8, 4) is 16.9 Å². The van der Waals surface area contributed by atoms with Gasteiger partial charge in [-0.25, -0.2) is 8.42 Å². The monoisotopic (exact) mass is 495 g/mol. The van der Waals surface area contributed by atoms with Crippen LogP contribution in [-0.2, 0) is 16.6 Å². The number of sulfonamides is 1. The molecule has 0 unspecified atom stereocenters. The Bertz CT molecular complexity index is 1220. The number of nitrogens with zero attached hydrogens (tertiary/aromatic N) is 3. The van der Waals surface area contributed by atoms with Gasteiger partial charge in [0.2, 0.25) is 10.0 Å². The molecule has 3 aromatic rings. The number of aliphatic hydroxyl groups is 1. The Morgan fingerprint density at radius 3 is 2.60 bits per heavy atom. The predicted molar refractivity (Wildman–Crippen MR) is 136 cm³/mol. The van der Waals surface area contributed by atoms with Gasteiger partial charge in [0.25, 0.3) is 0 Å². The summed E-state index contributed by atoms with van der Waals surface area (Å²) in [6, 6.07) is 18.5. The molecule has 35 heavy (non-hydrogen) atoms. The highest BCUT2D eigenvalue weighted by atomic mass is 32.2. The van der Waals surface area contributed by atoms with Crippen LogP contribution in [0.1, 0.15) is 19.4 Å². The summed E-state index contributed by atoms with van der Waals surface area (Å²) in [7, 11) is -1.84. The van der Waals surface area contributed by atoms with Crippen LogP contribution in [0.15, 0.2) is 78.0 Å². The maximum atomic E-state index is 13.7. The molecule has 0 saturated heterocycles. The molecule has 2 heterocycles. The van der Waals surface area contributed by atoms with E-state index in [4.69, 9.17) is 4.74 Å². The lowest BCUT2D eigenvalue weighted by atomic mass is 10.0. The van der Waals surface area contributed by atoms with Crippen LogP contribution in [0.4, 0.5) is 0 Å². The molecule has 8 heteroatoms. The average Bonchev–Trinajstić information content (AvgIpc) is 2.86. The number of aliphatic hydroxyl groups excluding tert-OH is 1. The van der Waals surface area contributed by atoms with Crippen molar-refractivity contribution in [3.05, 3.63) is 78.6 Å². The highest BCUT2D eigenvalue weighted by molar-refractivity contribution is 7.89. The maximum absolute atomic E-state index is 13.7. The van der Waals surface area contributed by atoms with Crippen LogP contribution in [0.25, 0.3) is 11.1 Å². The van der Waals surface area contributed by atoms with Crippen LogP contribution < -0.4 is 4.74 Å². The van der Waals surface area contributed by atoms with Crippen LogP contribution in [0.2, 0.25) is 0 Å². The fraction of sp³-hybridized carbons (Fsp3) is 0.370. The first-order valence-electron chi connectivity index (χ1n) is 11.9. The molecule has 0 saturated carbocycles. The van der Waals surface area contributed by atoms with Gasteiger partial charge in [-0.3, -0.25) is 9.88 Å². The third-order valence-corrected chi connectivity index (χ3v) is 8.46. The third-order valence-electron chi connectivity index (χ3n) is 6.44. The van der Waals surface area contributed by atoms with Crippen LogP contribution in [-0.4, -0.2) is 66.6 Å². The number of benzene rings is 2. The summed E-state index contributed by atoms with van der Waals surface area (Å²) in [5.41, 5.74) is 2.97. The first-order valence-corrected chi connectivity index (χ1v) is 13.3. The summed E-state index contributed by atoms with van der Waals surface area (Å²) in [6.45, 7) is 5.04. The van der Waals surface area contributed by atoms with Gasteiger partial charge < -0.3 is 9.84 Å². The van der Waals surface area contributed by atoms with Crippen LogP contribution in [0.3, 0.4) is 0 Å². The fourth-order valence-corrected chi connectivity index (χ4v) is 6.25.